The van der Waals surface area contributed by atoms with Gasteiger partial charge in [0.05, 0.1) is 18.4 Å². The van der Waals surface area contributed by atoms with Gasteiger partial charge in [-0.15, -0.1) is 0 Å². The molecule has 0 saturated carbocycles. The first kappa shape index (κ1) is 17.3. The molecule has 1 atom stereocenters. The van der Waals surface area contributed by atoms with Crippen LogP contribution < -0.4 is 5.32 Å². The quantitative estimate of drug-likeness (QED) is 0.908. The van der Waals surface area contributed by atoms with Crippen molar-refractivity contribution in [2.24, 2.45) is 0 Å². The monoisotopic (exact) mass is 345 g/mol. The van der Waals surface area contributed by atoms with Crippen LogP contribution in [0.15, 0.2) is 23.0 Å². The van der Waals surface area contributed by atoms with Crippen LogP contribution in [0.1, 0.15) is 29.6 Å². The summed E-state index contributed by atoms with van der Waals surface area (Å²) in [5.41, 5.74) is 0.556. The second-order valence-electron chi connectivity index (χ2n) is 6.58. The Morgan fingerprint density at radius 3 is 2.54 bits per heavy atom. The second-order valence-corrected chi connectivity index (χ2v) is 6.58. The average Bonchev–Trinajstić information content (AvgIpc) is 3.18. The summed E-state index contributed by atoms with van der Waals surface area (Å²) in [7, 11) is 0. The lowest BCUT2D eigenvalue weighted by atomic mass is 10.0. The molecule has 0 aromatic carbocycles. The summed E-state index contributed by atoms with van der Waals surface area (Å²) in [6.07, 6.45) is 1.17. The number of alkyl halides is 3. The third-order valence-electron chi connectivity index (χ3n) is 4.70. The predicted molar refractivity (Wildman–Crippen MR) is 81.7 cm³/mol. The maximum Gasteiger partial charge on any atom is 0.401 e. The van der Waals surface area contributed by atoms with Crippen molar-refractivity contribution in [1.82, 2.24) is 15.1 Å². The van der Waals surface area contributed by atoms with E-state index < -0.39 is 12.7 Å². The zero-order valence-corrected chi connectivity index (χ0v) is 13.4. The molecule has 1 aromatic rings. The maximum absolute atomic E-state index is 12.4. The topological polar surface area (TPSA) is 48.7 Å². The summed E-state index contributed by atoms with van der Waals surface area (Å²) in [6, 6.07) is 2.02. The molecule has 3 rings (SSSR count). The van der Waals surface area contributed by atoms with Gasteiger partial charge in [0, 0.05) is 38.3 Å². The minimum absolute atomic E-state index is 0.0283. The number of carbonyl (C=O) groups is 1. The van der Waals surface area contributed by atoms with Crippen LogP contribution >= 0.6 is 0 Å². The number of likely N-dealkylation sites (tertiary alicyclic amines) is 2. The molecule has 3 heterocycles. The number of hydrogen-bond acceptors (Lipinski definition) is 4. The Balaban J connectivity index is 1.41. The molecular formula is C16H22F3N3O2. The first-order valence-electron chi connectivity index (χ1n) is 8.27. The lowest BCUT2D eigenvalue weighted by molar-refractivity contribution is -0.143. The highest BCUT2D eigenvalue weighted by Gasteiger charge is 2.35. The Morgan fingerprint density at radius 1 is 1.21 bits per heavy atom. The smallest absolute Gasteiger partial charge is 0.401 e. The van der Waals surface area contributed by atoms with Crippen molar-refractivity contribution in [1.29, 1.82) is 0 Å². The first-order chi connectivity index (χ1) is 11.4. The number of amides is 1. The zero-order valence-electron chi connectivity index (χ0n) is 13.4. The van der Waals surface area contributed by atoms with Gasteiger partial charge in [0.25, 0.3) is 5.91 Å². The lowest BCUT2D eigenvalue weighted by Crippen LogP contribution is -2.48. The minimum Gasteiger partial charge on any atom is -0.472 e. The van der Waals surface area contributed by atoms with Gasteiger partial charge in [-0.05, 0) is 25.3 Å². The van der Waals surface area contributed by atoms with Gasteiger partial charge in [0.1, 0.15) is 6.26 Å². The van der Waals surface area contributed by atoms with Gasteiger partial charge in [0.15, 0.2) is 0 Å². The molecule has 2 fully saturated rings. The van der Waals surface area contributed by atoms with Crippen molar-refractivity contribution in [3.8, 4) is 0 Å². The van der Waals surface area contributed by atoms with Crippen LogP contribution in [0, 0.1) is 0 Å². The van der Waals surface area contributed by atoms with Crippen molar-refractivity contribution >= 4 is 5.91 Å². The molecule has 2 saturated heterocycles. The zero-order chi connectivity index (χ0) is 17.2. The fourth-order valence-corrected chi connectivity index (χ4v) is 3.52. The minimum atomic E-state index is -4.13. The van der Waals surface area contributed by atoms with E-state index in [0.717, 1.165) is 19.3 Å². The summed E-state index contributed by atoms with van der Waals surface area (Å²) < 4.78 is 42.2. The van der Waals surface area contributed by atoms with Gasteiger partial charge < -0.3 is 14.6 Å². The van der Waals surface area contributed by atoms with Crippen LogP contribution in [0.2, 0.25) is 0 Å². The third kappa shape index (κ3) is 4.51. The van der Waals surface area contributed by atoms with E-state index in [2.05, 4.69) is 5.32 Å². The maximum atomic E-state index is 12.4. The molecule has 0 spiro atoms. The van der Waals surface area contributed by atoms with Gasteiger partial charge in [-0.25, -0.2) is 0 Å². The highest BCUT2D eigenvalue weighted by molar-refractivity contribution is 5.93. The fourth-order valence-electron chi connectivity index (χ4n) is 3.52. The van der Waals surface area contributed by atoms with Crippen LogP contribution in [0.4, 0.5) is 13.2 Å². The van der Waals surface area contributed by atoms with E-state index in [-0.39, 0.29) is 18.0 Å². The van der Waals surface area contributed by atoms with Crippen molar-refractivity contribution < 1.29 is 22.4 Å². The summed E-state index contributed by atoms with van der Waals surface area (Å²) in [5, 5.41) is 3.46. The Labute approximate surface area is 138 Å². The molecule has 24 heavy (non-hydrogen) atoms. The Hall–Kier alpha value is -1.54. The number of halogens is 3. The Morgan fingerprint density at radius 2 is 1.92 bits per heavy atom. The van der Waals surface area contributed by atoms with Crippen molar-refractivity contribution in [2.45, 2.75) is 37.5 Å². The SMILES string of the molecule is O=C(c1ccoc1)N1CCC(N[C@H]2CCN(CC(F)(F)F)C2)CC1. The normalized spacial score (nSPS) is 23.8. The number of hydrogen-bond donors (Lipinski definition) is 1. The lowest BCUT2D eigenvalue weighted by Gasteiger charge is -2.33. The van der Waals surface area contributed by atoms with Gasteiger partial charge >= 0.3 is 6.18 Å². The molecule has 1 N–H and O–H groups in total. The molecule has 0 bridgehead atoms. The van der Waals surface area contributed by atoms with E-state index >= 15 is 0 Å². The van der Waals surface area contributed by atoms with Crippen LogP contribution in [-0.4, -0.2) is 66.7 Å². The number of carbonyl (C=O) groups excluding carboxylic acids is 1. The van der Waals surface area contributed by atoms with Crippen LogP contribution in [0.5, 0.6) is 0 Å². The van der Waals surface area contributed by atoms with Crippen molar-refractivity contribution in [2.75, 3.05) is 32.7 Å². The van der Waals surface area contributed by atoms with Crippen molar-refractivity contribution in [3.63, 3.8) is 0 Å². The second kappa shape index (κ2) is 7.14. The third-order valence-corrected chi connectivity index (χ3v) is 4.70. The molecule has 1 aromatic heterocycles. The van der Waals surface area contributed by atoms with Crippen LogP contribution in [0.25, 0.3) is 0 Å². The predicted octanol–water partition coefficient (Wildman–Crippen LogP) is 2.11. The number of rotatable bonds is 4. The highest BCUT2D eigenvalue weighted by atomic mass is 19.4. The van der Waals surface area contributed by atoms with E-state index in [0.29, 0.717) is 31.7 Å². The molecule has 134 valence electrons. The highest BCUT2D eigenvalue weighted by Crippen LogP contribution is 2.21. The van der Waals surface area contributed by atoms with E-state index in [1.54, 1.807) is 11.0 Å². The first-order valence-corrected chi connectivity index (χ1v) is 8.27. The molecule has 5 nitrogen and oxygen atoms in total. The summed E-state index contributed by atoms with van der Waals surface area (Å²) in [5.74, 6) is -0.0283. The van der Waals surface area contributed by atoms with Crippen LogP contribution in [0.3, 0.4) is 0 Å². The van der Waals surface area contributed by atoms with E-state index in [1.165, 1.54) is 17.4 Å². The average molecular weight is 345 g/mol. The Bertz CT molecular complexity index is 539. The molecule has 1 amide bonds. The molecule has 0 aliphatic carbocycles. The van der Waals surface area contributed by atoms with E-state index in [4.69, 9.17) is 4.42 Å². The fraction of sp³-hybridized carbons (Fsp3) is 0.688. The van der Waals surface area contributed by atoms with E-state index in [9.17, 15) is 18.0 Å². The largest absolute Gasteiger partial charge is 0.472 e. The number of nitrogens with one attached hydrogen (secondary N) is 1. The van der Waals surface area contributed by atoms with Gasteiger partial charge in [-0.2, -0.15) is 13.2 Å². The molecular weight excluding hydrogens is 323 g/mol. The number of piperidine rings is 1. The summed E-state index contributed by atoms with van der Waals surface area (Å²) in [4.78, 5) is 15.5. The Kier molecular flexibility index (Phi) is 5.15. The van der Waals surface area contributed by atoms with E-state index in [1.807, 2.05) is 0 Å². The standard InChI is InChI=1S/C16H22F3N3O2/c17-16(18,19)11-21-5-1-14(9-21)20-13-2-6-22(7-3-13)15(23)12-4-8-24-10-12/h4,8,10,13-14,20H,1-3,5-7,9,11H2/t14-/m0/s1. The van der Waals surface area contributed by atoms with Gasteiger partial charge in [-0.1, -0.05) is 0 Å². The molecule has 0 radical (unpaired) electrons. The van der Waals surface area contributed by atoms with Gasteiger partial charge in [0.2, 0.25) is 0 Å². The van der Waals surface area contributed by atoms with Gasteiger partial charge in [-0.3, -0.25) is 9.69 Å². The van der Waals surface area contributed by atoms with Crippen molar-refractivity contribution in [3.05, 3.63) is 24.2 Å². The summed E-state index contributed by atoms with van der Waals surface area (Å²) in [6.45, 7) is 1.40. The molecule has 2 aliphatic heterocycles. The molecule has 8 heteroatoms. The van der Waals surface area contributed by atoms with Crippen LogP contribution in [-0.2, 0) is 0 Å². The number of furan rings is 1. The molecule has 0 unspecified atom stereocenters. The summed E-state index contributed by atoms with van der Waals surface area (Å²) >= 11 is 0. The molecule has 2 aliphatic rings. The number of nitrogens with zero attached hydrogens (tertiary/aromatic N) is 2.